The lowest BCUT2D eigenvalue weighted by Gasteiger charge is -2.42. The molecule has 1 aliphatic heterocycles. The highest BCUT2D eigenvalue weighted by Crippen LogP contribution is 2.30. The van der Waals surface area contributed by atoms with Crippen LogP contribution in [0.5, 0.6) is 0 Å². The van der Waals surface area contributed by atoms with E-state index in [4.69, 9.17) is 14.5 Å². The van der Waals surface area contributed by atoms with E-state index in [0.717, 1.165) is 56.6 Å². The van der Waals surface area contributed by atoms with Crippen LogP contribution in [0.1, 0.15) is 48.9 Å². The molecule has 2 saturated carbocycles. The first-order chi connectivity index (χ1) is 17.1. The fourth-order valence-electron chi connectivity index (χ4n) is 5.19. The molecule has 188 valence electrons. The third kappa shape index (κ3) is 4.99. The van der Waals surface area contributed by atoms with Gasteiger partial charge < -0.3 is 30.3 Å². The molecule has 2 aromatic heterocycles. The number of nitrogens with zero attached hydrogens (tertiary/aromatic N) is 4. The van der Waals surface area contributed by atoms with Gasteiger partial charge in [-0.3, -0.25) is 4.79 Å². The van der Waals surface area contributed by atoms with E-state index < -0.39 is 0 Å². The van der Waals surface area contributed by atoms with Crippen LogP contribution >= 0.6 is 0 Å². The number of nitrogens with one attached hydrogen (secondary N) is 3. The van der Waals surface area contributed by atoms with Crippen molar-refractivity contribution in [3.05, 3.63) is 41.9 Å². The molecular formula is C25H35N7O3. The third-order valence-corrected chi connectivity index (χ3v) is 7.36. The normalized spacial score (nSPS) is 26.3. The Labute approximate surface area is 205 Å². The largest absolute Gasteiger partial charge is 0.381 e. The fourth-order valence-corrected chi connectivity index (χ4v) is 5.19. The summed E-state index contributed by atoms with van der Waals surface area (Å²) in [5.41, 5.74) is 2.02. The van der Waals surface area contributed by atoms with E-state index in [9.17, 15) is 4.79 Å². The second-order valence-corrected chi connectivity index (χ2v) is 9.58. The minimum absolute atomic E-state index is 0.0932. The average molecular weight is 482 g/mol. The molecule has 35 heavy (non-hydrogen) atoms. The van der Waals surface area contributed by atoms with Crippen molar-refractivity contribution in [3.8, 4) is 0 Å². The number of carbonyl (C=O) groups is 1. The first kappa shape index (κ1) is 23.6. The fraction of sp³-hybridized carbons (Fsp3) is 0.560. The number of hydrogen-bond donors (Lipinski definition) is 3. The monoisotopic (exact) mass is 481 g/mol. The number of rotatable bonds is 8. The number of aromatic nitrogens is 3. The van der Waals surface area contributed by atoms with Gasteiger partial charge in [-0.15, -0.1) is 0 Å². The van der Waals surface area contributed by atoms with Crippen LogP contribution in [0.15, 0.2) is 36.3 Å². The van der Waals surface area contributed by atoms with Gasteiger partial charge in [0, 0.05) is 45.1 Å². The van der Waals surface area contributed by atoms with Crippen LogP contribution in [0.2, 0.25) is 0 Å². The molecule has 2 aliphatic carbocycles. The van der Waals surface area contributed by atoms with Crippen molar-refractivity contribution in [3.63, 3.8) is 0 Å². The summed E-state index contributed by atoms with van der Waals surface area (Å²) in [6.45, 7) is 0.772. The molecule has 0 spiro atoms. The summed E-state index contributed by atoms with van der Waals surface area (Å²) in [6.07, 6.45) is 14.4. The number of ether oxygens (including phenoxy) is 2. The van der Waals surface area contributed by atoms with Gasteiger partial charge in [0.05, 0.1) is 24.9 Å². The summed E-state index contributed by atoms with van der Waals surface area (Å²) < 4.78 is 12.6. The van der Waals surface area contributed by atoms with Crippen LogP contribution in [-0.4, -0.2) is 77.5 Å². The van der Waals surface area contributed by atoms with Gasteiger partial charge in [-0.25, -0.2) is 4.98 Å². The van der Waals surface area contributed by atoms with Gasteiger partial charge in [-0.2, -0.15) is 9.61 Å². The average Bonchev–Trinajstić information content (AvgIpc) is 3.27. The van der Waals surface area contributed by atoms with E-state index in [1.54, 1.807) is 24.9 Å². The number of carbonyl (C=O) groups excluding carboxylic acids is 1. The zero-order valence-corrected chi connectivity index (χ0v) is 20.7. The van der Waals surface area contributed by atoms with Gasteiger partial charge >= 0.3 is 0 Å². The van der Waals surface area contributed by atoms with Crippen LogP contribution < -0.4 is 16.0 Å². The molecule has 2 aromatic rings. The molecule has 3 heterocycles. The Kier molecular flexibility index (Phi) is 6.92. The van der Waals surface area contributed by atoms with Crippen LogP contribution in [0.25, 0.3) is 5.65 Å². The second-order valence-electron chi connectivity index (χ2n) is 9.58. The van der Waals surface area contributed by atoms with Gasteiger partial charge in [0.1, 0.15) is 17.2 Å². The molecule has 0 radical (unpaired) electrons. The molecule has 2 fully saturated rings. The molecule has 10 nitrogen and oxygen atoms in total. The smallest absolute Gasteiger partial charge is 0.256 e. The number of methoxy groups -OCH3 is 2. The molecule has 10 heteroatoms. The highest BCUT2D eigenvalue weighted by molar-refractivity contribution is 6.00. The zero-order chi connectivity index (χ0) is 24.4. The number of allylic oxidation sites excluding steroid dienone is 2. The summed E-state index contributed by atoms with van der Waals surface area (Å²) >= 11 is 0. The van der Waals surface area contributed by atoms with E-state index in [0.29, 0.717) is 29.2 Å². The van der Waals surface area contributed by atoms with E-state index in [2.05, 4.69) is 44.3 Å². The third-order valence-electron chi connectivity index (χ3n) is 7.36. The highest BCUT2D eigenvalue weighted by atomic mass is 16.5. The highest BCUT2D eigenvalue weighted by Gasteiger charge is 2.33. The predicted molar refractivity (Wildman–Crippen MR) is 134 cm³/mol. The van der Waals surface area contributed by atoms with Gasteiger partial charge in [0.25, 0.3) is 5.91 Å². The van der Waals surface area contributed by atoms with Gasteiger partial charge in [-0.1, -0.05) is 0 Å². The van der Waals surface area contributed by atoms with Crippen LogP contribution in [0.3, 0.4) is 0 Å². The van der Waals surface area contributed by atoms with Crippen molar-refractivity contribution < 1.29 is 14.3 Å². The van der Waals surface area contributed by atoms with Crippen molar-refractivity contribution in [2.24, 2.45) is 0 Å². The van der Waals surface area contributed by atoms with Crippen molar-refractivity contribution in [1.29, 1.82) is 0 Å². The van der Waals surface area contributed by atoms with E-state index >= 15 is 0 Å². The molecule has 0 aromatic carbocycles. The molecule has 5 rings (SSSR count). The standard InChI is InChI=1S/C25H35N7O3/c1-26-23-13-22(28-17-7-5-9-31(15-17)18-11-20(12-18)35-3)30-24-21(14-27-32(23)24)25(33)29-16-6-4-8-19(10-16)34-2/h5,7,9,13-14,16,18-20,26H,4,6,8,10-12,15H2,1-3H3,(H,28,30)(H,29,33)/t16?,18-,19-,20-/m0/s1. The minimum atomic E-state index is -0.155. The van der Waals surface area contributed by atoms with E-state index in [-0.39, 0.29) is 18.1 Å². The van der Waals surface area contributed by atoms with Crippen molar-refractivity contribution in [2.45, 2.75) is 62.8 Å². The Morgan fingerprint density at radius 2 is 1.97 bits per heavy atom. The second kappa shape index (κ2) is 10.2. The molecule has 1 unspecified atom stereocenters. The topological polar surface area (TPSA) is 105 Å². The summed E-state index contributed by atoms with van der Waals surface area (Å²) in [6, 6.07) is 2.49. The molecule has 2 atom stereocenters. The number of anilines is 2. The number of amides is 1. The lowest BCUT2D eigenvalue weighted by Crippen LogP contribution is -2.47. The van der Waals surface area contributed by atoms with Gasteiger partial charge in [0.2, 0.25) is 0 Å². The zero-order valence-electron chi connectivity index (χ0n) is 20.7. The van der Waals surface area contributed by atoms with E-state index in [1.165, 1.54) is 0 Å². The Bertz CT molecular complexity index is 1120. The first-order valence-corrected chi connectivity index (χ1v) is 12.4. The molecule has 0 bridgehead atoms. The lowest BCUT2D eigenvalue weighted by molar-refractivity contribution is -0.0114. The van der Waals surface area contributed by atoms with Crippen LogP contribution in [0.4, 0.5) is 11.6 Å². The van der Waals surface area contributed by atoms with Gasteiger partial charge in [0.15, 0.2) is 5.65 Å². The Morgan fingerprint density at radius 1 is 1.14 bits per heavy atom. The lowest BCUT2D eigenvalue weighted by atomic mass is 9.87. The van der Waals surface area contributed by atoms with Crippen molar-refractivity contribution >= 4 is 23.2 Å². The summed E-state index contributed by atoms with van der Waals surface area (Å²) in [4.78, 5) is 20.3. The summed E-state index contributed by atoms with van der Waals surface area (Å²) in [5, 5.41) is 14.2. The van der Waals surface area contributed by atoms with E-state index in [1.807, 2.05) is 13.1 Å². The molecule has 0 saturated heterocycles. The SMILES string of the molecule is CNc1cc(NC2=CC=CN([C@H]3C[C@H](OC)C3)C2)nc2c(C(=O)NC3CCC[C@H](OC)C3)cnn12. The molecular weight excluding hydrogens is 446 g/mol. The maximum absolute atomic E-state index is 13.2. The summed E-state index contributed by atoms with van der Waals surface area (Å²) in [7, 11) is 5.34. The van der Waals surface area contributed by atoms with Crippen LogP contribution in [0, 0.1) is 0 Å². The minimum Gasteiger partial charge on any atom is -0.381 e. The maximum Gasteiger partial charge on any atom is 0.256 e. The molecule has 3 N–H and O–H groups in total. The number of hydrogen-bond acceptors (Lipinski definition) is 8. The van der Waals surface area contributed by atoms with Crippen LogP contribution in [-0.2, 0) is 9.47 Å². The molecule has 3 aliphatic rings. The van der Waals surface area contributed by atoms with Crippen molar-refractivity contribution in [1.82, 2.24) is 24.8 Å². The van der Waals surface area contributed by atoms with Crippen molar-refractivity contribution in [2.75, 3.05) is 38.4 Å². The Balaban J connectivity index is 1.32. The Morgan fingerprint density at radius 3 is 2.74 bits per heavy atom. The predicted octanol–water partition coefficient (Wildman–Crippen LogP) is 2.76. The quantitative estimate of drug-likeness (QED) is 0.529. The Hall–Kier alpha value is -3.11. The first-order valence-electron chi connectivity index (χ1n) is 12.4. The summed E-state index contributed by atoms with van der Waals surface area (Å²) in [5.74, 6) is 1.26. The molecule has 1 amide bonds. The number of fused-ring (bicyclic) bond motifs is 1. The van der Waals surface area contributed by atoms with Gasteiger partial charge in [-0.05, 0) is 56.9 Å². The maximum atomic E-state index is 13.2.